The Hall–Kier alpha value is -5.60. The molecule has 0 spiro atoms. The second kappa shape index (κ2) is 178. The number of nitrogens with zero attached hydrogens (tertiary/aromatic N) is 12. The molecule has 0 rings (SSSR count). The first kappa shape index (κ1) is 160. The zero-order chi connectivity index (χ0) is 24.0. The minimum atomic E-state index is 0. The third kappa shape index (κ3) is 158. The van der Waals surface area contributed by atoms with Gasteiger partial charge in [0.1, 0.15) is 0 Å². The van der Waals surface area contributed by atoms with Gasteiger partial charge < -0.3 is 142 Å². The molecule has 0 atom stereocenters. The van der Waals surface area contributed by atoms with Crippen LogP contribution in [0.4, 0.5) is 0 Å². The number of rotatable bonds is 0. The van der Waals surface area contributed by atoms with Crippen LogP contribution in [0, 0.1) is 142 Å². The van der Waals surface area contributed by atoms with Crippen molar-refractivity contribution in [2.75, 3.05) is 0 Å². The standard InChI is InChI=1S/12CN.Fe/c12*1-2;/q12*-1;. The summed E-state index contributed by atoms with van der Waals surface area (Å²) in [5.74, 6) is 0. The molecule has 25 heavy (non-hydrogen) atoms. The minimum Gasteiger partial charge on any atom is -0.512 e. The first-order valence-electron chi connectivity index (χ1n) is 2.68. The summed E-state index contributed by atoms with van der Waals surface area (Å²) in [6, 6.07) is 0. The van der Waals surface area contributed by atoms with Crippen LogP contribution in [0.3, 0.4) is 0 Å². The summed E-state index contributed by atoms with van der Waals surface area (Å²) in [5.41, 5.74) is 0. The molecule has 0 fully saturated rings. The molecule has 0 aliphatic carbocycles. The Bertz CT molecular complexity index is 216. The molecule has 0 heterocycles. The van der Waals surface area contributed by atoms with E-state index in [2.05, 4.69) is 0 Å². The van der Waals surface area contributed by atoms with Gasteiger partial charge in [-0.1, -0.05) is 0 Å². The van der Waals surface area contributed by atoms with Crippen molar-refractivity contribution in [2.24, 2.45) is 0 Å². The van der Waals surface area contributed by atoms with E-state index in [9.17, 15) is 0 Å². The van der Waals surface area contributed by atoms with Crippen LogP contribution in [0.25, 0.3) is 0 Å². The van der Waals surface area contributed by atoms with E-state index in [-0.39, 0.29) is 17.1 Å². The van der Waals surface area contributed by atoms with Gasteiger partial charge in [0.05, 0.1) is 0 Å². The van der Waals surface area contributed by atoms with Gasteiger partial charge in [-0.15, -0.1) is 0 Å². The van der Waals surface area contributed by atoms with Gasteiger partial charge in [0.25, 0.3) is 0 Å². The molecular weight excluding hydrogens is 368 g/mol. The van der Waals surface area contributed by atoms with Gasteiger partial charge in [-0.05, 0) is 0 Å². The van der Waals surface area contributed by atoms with Crippen LogP contribution in [-0.4, -0.2) is 0 Å². The third-order valence-corrected chi connectivity index (χ3v) is 0. The van der Waals surface area contributed by atoms with Gasteiger partial charge in [0.15, 0.2) is 0 Å². The molecule has 128 valence electrons. The van der Waals surface area contributed by atoms with E-state index in [1.165, 1.54) is 0 Å². The Morgan fingerprint density at radius 2 is 0.160 bits per heavy atom. The first-order valence-corrected chi connectivity index (χ1v) is 2.68. The first-order chi connectivity index (χ1) is 12.0. The summed E-state index contributed by atoms with van der Waals surface area (Å²) in [4.78, 5) is 0. The van der Waals surface area contributed by atoms with E-state index in [1.54, 1.807) is 0 Å². The largest absolute Gasteiger partial charge is 0.512 e. The fourth-order valence-corrected chi connectivity index (χ4v) is 0. The van der Waals surface area contributed by atoms with E-state index in [1.807, 2.05) is 0 Å². The third-order valence-electron chi connectivity index (χ3n) is 0. The summed E-state index contributed by atoms with van der Waals surface area (Å²) in [7, 11) is 0. The molecule has 0 unspecified atom stereocenters. The average Bonchev–Trinajstić information content (AvgIpc) is 2.84. The minimum absolute atomic E-state index is 0. The van der Waals surface area contributed by atoms with E-state index >= 15 is 0 Å². The Labute approximate surface area is 159 Å². The molecule has 0 N–H and O–H groups in total. The SMILES string of the molecule is [C-]#N.[C-]#N.[C-]#N.[C-]#N.[C-]#N.[C-]#N.[C-]#N.[C-]#N.[C-]#N.[C-]#N.[C-]#N.[C-]#N.[Fe]. The summed E-state index contributed by atoms with van der Waals surface area (Å²) >= 11 is 0. The molecular formula is C12FeN12-12. The van der Waals surface area contributed by atoms with Crippen LogP contribution in [0.1, 0.15) is 0 Å². The summed E-state index contributed by atoms with van der Waals surface area (Å²) < 4.78 is 0. The van der Waals surface area contributed by atoms with Crippen LogP contribution in [0.5, 0.6) is 0 Å². The Kier molecular flexibility index (Phi) is 1140. The van der Waals surface area contributed by atoms with Crippen molar-refractivity contribution < 1.29 is 17.1 Å². The maximum atomic E-state index is 6.25. The molecule has 0 aromatic carbocycles. The van der Waals surface area contributed by atoms with E-state index in [0.29, 0.717) is 0 Å². The molecule has 12 nitrogen and oxygen atoms in total. The van der Waals surface area contributed by atoms with Crippen LogP contribution < -0.4 is 0 Å². The van der Waals surface area contributed by atoms with Crippen molar-refractivity contribution >= 4 is 0 Å². The normalized spacial score (nSPS) is 0.960. The van der Waals surface area contributed by atoms with Gasteiger partial charge in [-0.25, -0.2) is 0 Å². The van der Waals surface area contributed by atoms with Crippen molar-refractivity contribution in [1.29, 1.82) is 63.1 Å². The van der Waals surface area contributed by atoms with E-state index < -0.39 is 0 Å². The quantitative estimate of drug-likeness (QED) is 0.429. The maximum Gasteiger partial charge on any atom is 0 e. The van der Waals surface area contributed by atoms with Crippen LogP contribution in [0.2, 0.25) is 0 Å². The van der Waals surface area contributed by atoms with Crippen LogP contribution >= 0.6 is 0 Å². The topological polar surface area (TPSA) is 285 Å². The van der Waals surface area contributed by atoms with Gasteiger partial charge >= 0.3 is 0 Å². The Morgan fingerprint density at radius 3 is 0.160 bits per heavy atom. The summed E-state index contributed by atoms with van der Waals surface area (Å²) in [6.07, 6.45) is 0. The summed E-state index contributed by atoms with van der Waals surface area (Å²) in [5, 5.41) is 75.0. The summed E-state index contributed by atoms with van der Waals surface area (Å²) in [6.45, 7) is 57.0. The molecule has 0 amide bonds. The Morgan fingerprint density at radius 1 is 0.160 bits per heavy atom. The van der Waals surface area contributed by atoms with Gasteiger partial charge in [0, 0.05) is 17.1 Å². The molecule has 0 saturated carbocycles. The molecule has 0 aromatic heterocycles. The van der Waals surface area contributed by atoms with Crippen LogP contribution in [0.15, 0.2) is 0 Å². The molecule has 0 aliphatic rings. The van der Waals surface area contributed by atoms with Gasteiger partial charge in [-0.3, -0.25) is 0 Å². The maximum absolute atomic E-state index is 6.25. The fraction of sp³-hybridized carbons (Fsp3) is 0. The zero-order valence-electron chi connectivity index (χ0n) is 11.7. The van der Waals surface area contributed by atoms with E-state index in [4.69, 9.17) is 142 Å². The van der Waals surface area contributed by atoms with Crippen molar-refractivity contribution in [3.8, 4) is 0 Å². The van der Waals surface area contributed by atoms with Crippen molar-refractivity contribution in [2.45, 2.75) is 0 Å². The van der Waals surface area contributed by atoms with E-state index in [0.717, 1.165) is 0 Å². The molecule has 13 heteroatoms. The van der Waals surface area contributed by atoms with Gasteiger partial charge in [0.2, 0.25) is 0 Å². The molecule has 0 aliphatic heterocycles. The second-order valence-corrected chi connectivity index (χ2v) is 0. The molecule has 0 aromatic rings. The number of hydrogen-bond acceptors (Lipinski definition) is 12. The number of hydrogen-bond donors (Lipinski definition) is 0. The zero-order valence-corrected chi connectivity index (χ0v) is 12.8. The van der Waals surface area contributed by atoms with Crippen LogP contribution in [-0.2, 0) is 17.1 Å². The van der Waals surface area contributed by atoms with Crippen molar-refractivity contribution in [3.05, 3.63) is 78.9 Å². The predicted molar refractivity (Wildman–Crippen MR) is 59.6 cm³/mol. The smallest absolute Gasteiger partial charge is 0 e. The average molecular weight is 368 g/mol. The monoisotopic (exact) mass is 368 g/mol. The van der Waals surface area contributed by atoms with Crippen molar-refractivity contribution in [3.63, 3.8) is 0 Å². The Balaban J connectivity index is -0.00000000569. The fourth-order valence-electron chi connectivity index (χ4n) is 0. The molecule has 0 saturated heterocycles. The second-order valence-electron chi connectivity index (χ2n) is 0. The van der Waals surface area contributed by atoms with Crippen molar-refractivity contribution in [1.82, 2.24) is 0 Å². The molecule has 0 radical (unpaired) electrons. The molecule has 0 bridgehead atoms. The van der Waals surface area contributed by atoms with Gasteiger partial charge in [-0.2, -0.15) is 0 Å². The predicted octanol–water partition coefficient (Wildman–Crippen LogP) is 1.15.